The molecule has 0 saturated heterocycles. The lowest BCUT2D eigenvalue weighted by molar-refractivity contribution is -0.121. The van der Waals surface area contributed by atoms with E-state index in [1.54, 1.807) is 7.11 Å². The molecule has 3 N–H and O–H groups in total. The average Bonchev–Trinajstić information content (AvgIpc) is 2.71. The Hall–Kier alpha value is -2.37. The number of carbonyl (C=O) groups excluding carboxylic acids is 1. The van der Waals surface area contributed by atoms with Crippen LogP contribution in [0.2, 0.25) is 0 Å². The van der Waals surface area contributed by atoms with Gasteiger partial charge in [0.05, 0.1) is 13.2 Å². The molecule has 0 radical (unpaired) electrons. The minimum Gasteiger partial charge on any atom is -0.497 e. The summed E-state index contributed by atoms with van der Waals surface area (Å²) >= 11 is 0. The van der Waals surface area contributed by atoms with Gasteiger partial charge in [-0.2, -0.15) is 0 Å². The van der Waals surface area contributed by atoms with E-state index < -0.39 is 0 Å². The Morgan fingerprint density at radius 3 is 2.37 bits per heavy atom. The Balaban J connectivity index is 2.03. The fraction of sp³-hybridized carbons (Fsp3) is 0.409. The summed E-state index contributed by atoms with van der Waals surface area (Å²) in [5.74, 6) is 0.786. The van der Waals surface area contributed by atoms with Crippen molar-refractivity contribution in [3.05, 3.63) is 65.7 Å². The van der Waals surface area contributed by atoms with Crippen molar-refractivity contribution in [1.82, 2.24) is 10.2 Å². The summed E-state index contributed by atoms with van der Waals surface area (Å²) < 4.78 is 5.36. The van der Waals surface area contributed by atoms with Gasteiger partial charge in [-0.15, -0.1) is 0 Å². The molecular formula is C22H31N3O2. The zero-order valence-electron chi connectivity index (χ0n) is 16.5. The Kier molecular flexibility index (Phi) is 8.30. The van der Waals surface area contributed by atoms with E-state index in [-0.39, 0.29) is 24.4 Å². The van der Waals surface area contributed by atoms with Gasteiger partial charge in [0.25, 0.3) is 0 Å². The van der Waals surface area contributed by atoms with E-state index in [0.717, 1.165) is 30.0 Å². The van der Waals surface area contributed by atoms with E-state index in [1.807, 2.05) is 48.5 Å². The topological polar surface area (TPSA) is 67.6 Å². The van der Waals surface area contributed by atoms with E-state index >= 15 is 0 Å². The molecule has 2 rings (SSSR count). The summed E-state index contributed by atoms with van der Waals surface area (Å²) in [5.41, 5.74) is 8.28. The molecule has 5 nitrogen and oxygen atoms in total. The fourth-order valence-corrected chi connectivity index (χ4v) is 3.27. The van der Waals surface area contributed by atoms with Gasteiger partial charge >= 0.3 is 0 Å². The lowest BCUT2D eigenvalue weighted by atomic mass is 10.0. The maximum Gasteiger partial charge on any atom is 0.221 e. The molecule has 2 unspecified atom stereocenters. The van der Waals surface area contributed by atoms with Crippen LogP contribution in [0.15, 0.2) is 54.6 Å². The molecule has 1 amide bonds. The molecule has 2 atom stereocenters. The number of nitrogens with two attached hydrogens (primary N) is 1. The van der Waals surface area contributed by atoms with E-state index in [4.69, 9.17) is 10.5 Å². The van der Waals surface area contributed by atoms with Gasteiger partial charge in [0.2, 0.25) is 5.91 Å². The Labute approximate surface area is 162 Å². The van der Waals surface area contributed by atoms with Crippen molar-refractivity contribution in [2.45, 2.75) is 32.4 Å². The van der Waals surface area contributed by atoms with Crippen LogP contribution in [0.3, 0.4) is 0 Å². The number of ether oxygens (including phenoxy) is 1. The standard InChI is InChI=1S/C22H31N3O2/c1-4-25(5-2)21(18-12-9-13-19(14-18)27-3)16-24-22(26)15-20(23)17-10-7-6-8-11-17/h6-14,20-21H,4-5,15-16,23H2,1-3H3,(H,24,26). The number of methoxy groups -OCH3 is 1. The van der Waals surface area contributed by atoms with Crippen molar-refractivity contribution in [2.24, 2.45) is 5.73 Å². The molecule has 146 valence electrons. The summed E-state index contributed by atoms with van der Waals surface area (Å²) in [6.45, 7) is 6.60. The number of hydrogen-bond acceptors (Lipinski definition) is 4. The molecule has 0 bridgehead atoms. The molecule has 0 aliphatic carbocycles. The molecular weight excluding hydrogens is 338 g/mol. The highest BCUT2D eigenvalue weighted by Gasteiger charge is 2.20. The molecule has 27 heavy (non-hydrogen) atoms. The van der Waals surface area contributed by atoms with Crippen LogP contribution in [0.1, 0.15) is 43.5 Å². The van der Waals surface area contributed by atoms with Gasteiger partial charge in [-0.3, -0.25) is 9.69 Å². The first-order valence-corrected chi connectivity index (χ1v) is 9.54. The zero-order chi connectivity index (χ0) is 19.6. The lowest BCUT2D eigenvalue weighted by Gasteiger charge is -2.30. The van der Waals surface area contributed by atoms with Crippen LogP contribution in [0.25, 0.3) is 0 Å². The van der Waals surface area contributed by atoms with Crippen LogP contribution < -0.4 is 15.8 Å². The van der Waals surface area contributed by atoms with E-state index in [1.165, 1.54) is 0 Å². The summed E-state index contributed by atoms with van der Waals surface area (Å²) in [5, 5.41) is 3.07. The number of carbonyl (C=O) groups is 1. The van der Waals surface area contributed by atoms with E-state index in [0.29, 0.717) is 6.54 Å². The van der Waals surface area contributed by atoms with Crippen molar-refractivity contribution in [1.29, 1.82) is 0 Å². The minimum absolute atomic E-state index is 0.0357. The van der Waals surface area contributed by atoms with Crippen LogP contribution in [-0.2, 0) is 4.79 Å². The van der Waals surface area contributed by atoms with Crippen molar-refractivity contribution >= 4 is 5.91 Å². The average molecular weight is 370 g/mol. The third-order valence-corrected chi connectivity index (χ3v) is 4.86. The largest absolute Gasteiger partial charge is 0.497 e. The smallest absolute Gasteiger partial charge is 0.221 e. The van der Waals surface area contributed by atoms with Gasteiger partial charge in [0, 0.05) is 19.0 Å². The Morgan fingerprint density at radius 1 is 1.07 bits per heavy atom. The van der Waals surface area contributed by atoms with Gasteiger partial charge in [-0.1, -0.05) is 56.3 Å². The molecule has 0 aromatic heterocycles. The van der Waals surface area contributed by atoms with Crippen LogP contribution in [0.4, 0.5) is 0 Å². The SMILES string of the molecule is CCN(CC)C(CNC(=O)CC(N)c1ccccc1)c1cccc(OC)c1. The molecule has 5 heteroatoms. The highest BCUT2D eigenvalue weighted by Crippen LogP contribution is 2.24. The van der Waals surface area contributed by atoms with E-state index in [9.17, 15) is 4.79 Å². The van der Waals surface area contributed by atoms with E-state index in [2.05, 4.69) is 30.1 Å². The number of hydrogen-bond donors (Lipinski definition) is 2. The van der Waals surface area contributed by atoms with Crippen LogP contribution in [-0.4, -0.2) is 37.6 Å². The third kappa shape index (κ3) is 6.08. The molecule has 2 aromatic carbocycles. The van der Waals surface area contributed by atoms with Gasteiger partial charge in [0.15, 0.2) is 0 Å². The molecule has 0 fully saturated rings. The van der Waals surface area contributed by atoms with Gasteiger partial charge in [-0.25, -0.2) is 0 Å². The second-order valence-electron chi connectivity index (χ2n) is 6.54. The number of amides is 1. The maximum atomic E-state index is 12.5. The maximum absolute atomic E-state index is 12.5. The minimum atomic E-state index is -0.296. The molecule has 0 aliphatic heterocycles. The first-order valence-electron chi connectivity index (χ1n) is 9.54. The number of likely N-dealkylation sites (N-methyl/N-ethyl adjacent to an activating group) is 1. The number of nitrogens with zero attached hydrogens (tertiary/aromatic N) is 1. The quantitative estimate of drug-likeness (QED) is 0.674. The molecule has 0 saturated carbocycles. The summed E-state index contributed by atoms with van der Waals surface area (Å²) in [6.07, 6.45) is 0.271. The molecule has 0 heterocycles. The predicted molar refractivity (Wildman–Crippen MR) is 110 cm³/mol. The zero-order valence-corrected chi connectivity index (χ0v) is 16.5. The lowest BCUT2D eigenvalue weighted by Crippen LogP contribution is -2.38. The highest BCUT2D eigenvalue weighted by molar-refractivity contribution is 5.76. The third-order valence-electron chi connectivity index (χ3n) is 4.86. The highest BCUT2D eigenvalue weighted by atomic mass is 16.5. The van der Waals surface area contributed by atoms with Crippen molar-refractivity contribution < 1.29 is 9.53 Å². The van der Waals surface area contributed by atoms with Gasteiger partial charge < -0.3 is 15.8 Å². The van der Waals surface area contributed by atoms with Crippen molar-refractivity contribution in [3.8, 4) is 5.75 Å². The summed E-state index contributed by atoms with van der Waals surface area (Å²) in [7, 11) is 1.66. The monoisotopic (exact) mass is 369 g/mol. The van der Waals surface area contributed by atoms with Crippen LogP contribution >= 0.6 is 0 Å². The molecule has 2 aromatic rings. The normalized spacial score (nSPS) is 13.2. The second kappa shape index (κ2) is 10.7. The van der Waals surface area contributed by atoms with Crippen molar-refractivity contribution in [2.75, 3.05) is 26.7 Å². The van der Waals surface area contributed by atoms with Gasteiger partial charge in [-0.05, 0) is 36.3 Å². The number of rotatable bonds is 10. The Morgan fingerprint density at radius 2 is 1.74 bits per heavy atom. The first-order chi connectivity index (χ1) is 13.1. The van der Waals surface area contributed by atoms with Crippen LogP contribution in [0.5, 0.6) is 5.75 Å². The number of nitrogens with one attached hydrogen (secondary N) is 1. The van der Waals surface area contributed by atoms with Crippen molar-refractivity contribution in [3.63, 3.8) is 0 Å². The molecule has 0 aliphatic rings. The number of benzene rings is 2. The fourth-order valence-electron chi connectivity index (χ4n) is 3.27. The summed E-state index contributed by atoms with van der Waals surface area (Å²) in [6, 6.07) is 17.5. The first kappa shape index (κ1) is 20.9. The second-order valence-corrected chi connectivity index (χ2v) is 6.54. The summed E-state index contributed by atoms with van der Waals surface area (Å²) in [4.78, 5) is 14.8. The van der Waals surface area contributed by atoms with Gasteiger partial charge in [0.1, 0.15) is 5.75 Å². The van der Waals surface area contributed by atoms with Crippen LogP contribution in [0, 0.1) is 0 Å². The molecule has 0 spiro atoms. The predicted octanol–water partition coefficient (Wildman–Crippen LogP) is 3.28. The Bertz CT molecular complexity index is 702.